The molecule has 2 saturated heterocycles. The van der Waals surface area contributed by atoms with Gasteiger partial charge in [0.05, 0.1) is 11.1 Å². The topological polar surface area (TPSA) is 108 Å². The lowest BCUT2D eigenvalue weighted by Gasteiger charge is -2.27. The normalized spacial score (nSPS) is 22.7. The average molecular weight is 370 g/mol. The van der Waals surface area contributed by atoms with Gasteiger partial charge in [-0.25, -0.2) is 0 Å². The summed E-state index contributed by atoms with van der Waals surface area (Å²) in [5.41, 5.74) is 1.56. The molecule has 1 aromatic rings. The molecular weight excluding hydrogens is 348 g/mol. The average Bonchev–Trinajstić information content (AvgIpc) is 2.84. The van der Waals surface area contributed by atoms with Crippen LogP contribution in [-0.2, 0) is 16.1 Å². The number of benzene rings is 1. The molecule has 1 aromatic carbocycles. The number of nitrogens with one attached hydrogen (secondary N) is 3. The quantitative estimate of drug-likeness (QED) is 0.472. The number of carbonyl (C=O) groups excluding carboxylic acids is 4. The molecule has 0 bridgehead atoms. The van der Waals surface area contributed by atoms with Crippen molar-refractivity contribution in [2.75, 3.05) is 19.6 Å². The molecule has 0 aliphatic carbocycles. The molecule has 0 aromatic heterocycles. The highest BCUT2D eigenvalue weighted by Crippen LogP contribution is 2.28. The van der Waals surface area contributed by atoms with Crippen LogP contribution in [0.1, 0.15) is 45.5 Å². The van der Waals surface area contributed by atoms with Crippen LogP contribution in [-0.4, -0.2) is 54.2 Å². The number of rotatable bonds is 6. The second-order valence-electron chi connectivity index (χ2n) is 7.32. The van der Waals surface area contributed by atoms with E-state index >= 15 is 0 Å². The number of fused-ring (bicyclic) bond motifs is 1. The smallest absolute Gasteiger partial charge is 0.262 e. The summed E-state index contributed by atoms with van der Waals surface area (Å²) >= 11 is 0. The van der Waals surface area contributed by atoms with Crippen LogP contribution in [0.15, 0.2) is 18.2 Å². The number of hydrogen-bond acceptors (Lipinski definition) is 6. The maximum Gasteiger partial charge on any atom is 0.262 e. The summed E-state index contributed by atoms with van der Waals surface area (Å²) < 4.78 is 0. The minimum Gasteiger partial charge on any atom is -0.316 e. The van der Waals surface area contributed by atoms with Crippen molar-refractivity contribution in [3.05, 3.63) is 34.9 Å². The zero-order valence-electron chi connectivity index (χ0n) is 14.9. The zero-order valence-corrected chi connectivity index (χ0v) is 14.9. The van der Waals surface area contributed by atoms with Gasteiger partial charge >= 0.3 is 0 Å². The largest absolute Gasteiger partial charge is 0.316 e. The van der Waals surface area contributed by atoms with Crippen molar-refractivity contribution in [1.29, 1.82) is 0 Å². The maximum atomic E-state index is 12.8. The van der Waals surface area contributed by atoms with Crippen molar-refractivity contribution >= 4 is 23.6 Å². The predicted octanol–water partition coefficient (Wildman–Crippen LogP) is -0.213. The molecule has 0 radical (unpaired) electrons. The van der Waals surface area contributed by atoms with Crippen molar-refractivity contribution < 1.29 is 19.2 Å². The summed E-state index contributed by atoms with van der Waals surface area (Å²) in [6.07, 6.45) is 1.40. The summed E-state index contributed by atoms with van der Waals surface area (Å²) in [5, 5.41) is 8.81. The summed E-state index contributed by atoms with van der Waals surface area (Å²) in [5.74, 6) is -1.17. The predicted molar refractivity (Wildman–Crippen MR) is 95.8 cm³/mol. The third-order valence-corrected chi connectivity index (χ3v) is 5.43. The van der Waals surface area contributed by atoms with Crippen molar-refractivity contribution in [1.82, 2.24) is 20.9 Å². The van der Waals surface area contributed by atoms with Crippen molar-refractivity contribution in [2.45, 2.75) is 31.8 Å². The van der Waals surface area contributed by atoms with Crippen LogP contribution in [0.5, 0.6) is 0 Å². The van der Waals surface area contributed by atoms with E-state index in [2.05, 4.69) is 16.0 Å². The van der Waals surface area contributed by atoms with Crippen LogP contribution in [0, 0.1) is 5.92 Å². The van der Waals surface area contributed by atoms with E-state index in [-0.39, 0.29) is 18.7 Å². The molecule has 1 unspecified atom stereocenters. The van der Waals surface area contributed by atoms with Gasteiger partial charge in [0.25, 0.3) is 11.8 Å². The molecule has 3 aliphatic heterocycles. The Morgan fingerprint density at radius 3 is 2.56 bits per heavy atom. The minimum atomic E-state index is -0.923. The standard InChI is InChI=1S/C19H22N4O4/c24-16-4-3-15(17(25)22-16)23-18(26)13-2-1-11(7-14(13)19(23)27)8-20-6-5-12-9-21-10-12/h1-2,7,12,15,20-21H,3-6,8-10H2,(H,22,24,25). The molecule has 1 atom stereocenters. The van der Waals surface area contributed by atoms with Crippen LogP contribution in [0.3, 0.4) is 0 Å². The molecule has 8 nitrogen and oxygen atoms in total. The molecule has 142 valence electrons. The Hall–Kier alpha value is -2.58. The van der Waals surface area contributed by atoms with Crippen molar-refractivity contribution in [3.63, 3.8) is 0 Å². The van der Waals surface area contributed by atoms with Crippen LogP contribution in [0.4, 0.5) is 0 Å². The lowest BCUT2D eigenvalue weighted by Crippen LogP contribution is -2.54. The van der Waals surface area contributed by atoms with E-state index in [0.29, 0.717) is 17.7 Å². The zero-order chi connectivity index (χ0) is 19.0. The highest BCUT2D eigenvalue weighted by atomic mass is 16.2. The van der Waals surface area contributed by atoms with Crippen molar-refractivity contribution in [2.24, 2.45) is 5.92 Å². The molecule has 0 saturated carbocycles. The number of hydrogen-bond donors (Lipinski definition) is 3. The summed E-state index contributed by atoms with van der Waals surface area (Å²) in [4.78, 5) is 49.8. The molecule has 27 heavy (non-hydrogen) atoms. The SMILES string of the molecule is O=C1CCC(N2C(=O)c3ccc(CNCCC4CNC4)cc3C2=O)C(=O)N1. The fraction of sp³-hybridized carbons (Fsp3) is 0.474. The third kappa shape index (κ3) is 3.38. The van der Waals surface area contributed by atoms with Crippen LogP contribution < -0.4 is 16.0 Å². The molecule has 2 fully saturated rings. The van der Waals surface area contributed by atoms with Crippen LogP contribution in [0.2, 0.25) is 0 Å². The number of imide groups is 2. The van der Waals surface area contributed by atoms with E-state index < -0.39 is 23.8 Å². The minimum absolute atomic E-state index is 0.121. The first-order valence-corrected chi connectivity index (χ1v) is 9.30. The Labute approximate surface area is 156 Å². The summed E-state index contributed by atoms with van der Waals surface area (Å²) in [6, 6.07) is 4.27. The fourth-order valence-electron chi connectivity index (χ4n) is 3.72. The van der Waals surface area contributed by atoms with Gasteiger partial charge < -0.3 is 10.6 Å². The summed E-state index contributed by atoms with van der Waals surface area (Å²) in [6.45, 7) is 3.67. The molecule has 8 heteroatoms. The monoisotopic (exact) mass is 370 g/mol. The lowest BCUT2D eigenvalue weighted by atomic mass is 9.99. The second kappa shape index (κ2) is 7.21. The van der Waals surface area contributed by atoms with E-state index in [1.807, 2.05) is 6.07 Å². The molecule has 4 rings (SSSR count). The Kier molecular flexibility index (Phi) is 4.75. The highest BCUT2D eigenvalue weighted by molar-refractivity contribution is 6.23. The van der Waals surface area contributed by atoms with Crippen LogP contribution in [0.25, 0.3) is 0 Å². The molecule has 4 amide bonds. The first kappa shape index (κ1) is 17.8. The van der Waals surface area contributed by atoms with Gasteiger partial charge in [-0.2, -0.15) is 0 Å². The van der Waals surface area contributed by atoms with Gasteiger partial charge in [-0.1, -0.05) is 6.07 Å². The first-order chi connectivity index (χ1) is 13.0. The Bertz CT molecular complexity index is 818. The fourth-order valence-corrected chi connectivity index (χ4v) is 3.72. The number of amides is 4. The number of nitrogens with zero attached hydrogens (tertiary/aromatic N) is 1. The lowest BCUT2D eigenvalue weighted by molar-refractivity contribution is -0.136. The first-order valence-electron chi connectivity index (χ1n) is 9.30. The number of carbonyl (C=O) groups is 4. The Morgan fingerprint density at radius 1 is 1.07 bits per heavy atom. The third-order valence-electron chi connectivity index (χ3n) is 5.43. The number of piperidine rings is 1. The van der Waals surface area contributed by atoms with E-state index in [4.69, 9.17) is 0 Å². The molecule has 0 spiro atoms. The molecular formula is C19H22N4O4. The maximum absolute atomic E-state index is 12.8. The molecule has 3 heterocycles. The van der Waals surface area contributed by atoms with E-state index in [1.54, 1.807) is 12.1 Å². The van der Waals surface area contributed by atoms with Gasteiger partial charge in [-0.3, -0.25) is 29.4 Å². The Morgan fingerprint density at radius 2 is 1.85 bits per heavy atom. The molecule has 3 N–H and O–H groups in total. The van der Waals surface area contributed by atoms with E-state index in [0.717, 1.165) is 42.4 Å². The summed E-state index contributed by atoms with van der Waals surface area (Å²) in [7, 11) is 0. The van der Waals surface area contributed by atoms with Gasteiger partial charge in [0.2, 0.25) is 11.8 Å². The van der Waals surface area contributed by atoms with E-state index in [1.165, 1.54) is 0 Å². The van der Waals surface area contributed by atoms with E-state index in [9.17, 15) is 19.2 Å². The molecule has 3 aliphatic rings. The highest BCUT2D eigenvalue weighted by Gasteiger charge is 2.44. The van der Waals surface area contributed by atoms with Gasteiger partial charge in [0.1, 0.15) is 6.04 Å². The second-order valence-corrected chi connectivity index (χ2v) is 7.32. The van der Waals surface area contributed by atoms with Crippen LogP contribution >= 0.6 is 0 Å². The van der Waals surface area contributed by atoms with Gasteiger partial charge in [-0.05, 0) is 56.1 Å². The van der Waals surface area contributed by atoms with Gasteiger partial charge in [-0.15, -0.1) is 0 Å². The van der Waals surface area contributed by atoms with Gasteiger partial charge in [0.15, 0.2) is 0 Å². The van der Waals surface area contributed by atoms with Gasteiger partial charge in [0, 0.05) is 13.0 Å². The Balaban J connectivity index is 1.43. The van der Waals surface area contributed by atoms with Crippen molar-refractivity contribution in [3.8, 4) is 0 Å².